The first-order valence-electron chi connectivity index (χ1n) is 9.23. The standard InChI is InChI=1S/C24H20ClNO2/c1-24(15-22(27)18-7-3-2-4-8-18)20-9-5-6-10-21(20)26(23(24)28)16-17-11-13-19(25)14-12-17/h2-14H,15-16H2,1H3. The van der Waals surface area contributed by atoms with E-state index in [4.69, 9.17) is 11.6 Å². The number of Topliss-reactive ketones (excluding diaryl/α,β-unsaturated/α-hetero) is 1. The predicted molar refractivity (Wildman–Crippen MR) is 112 cm³/mol. The summed E-state index contributed by atoms with van der Waals surface area (Å²) in [5.74, 6) is -0.0764. The van der Waals surface area contributed by atoms with Crippen LogP contribution in [0.2, 0.25) is 5.02 Å². The lowest BCUT2D eigenvalue weighted by atomic mass is 9.78. The van der Waals surface area contributed by atoms with Crippen molar-refractivity contribution in [1.82, 2.24) is 0 Å². The van der Waals surface area contributed by atoms with E-state index < -0.39 is 5.41 Å². The number of hydrogen-bond acceptors (Lipinski definition) is 2. The van der Waals surface area contributed by atoms with Crippen molar-refractivity contribution in [2.75, 3.05) is 4.90 Å². The van der Waals surface area contributed by atoms with Gasteiger partial charge in [-0.2, -0.15) is 0 Å². The van der Waals surface area contributed by atoms with Gasteiger partial charge in [0.05, 0.1) is 12.0 Å². The summed E-state index contributed by atoms with van der Waals surface area (Å²) in [4.78, 5) is 28.1. The van der Waals surface area contributed by atoms with Crippen LogP contribution in [0, 0.1) is 0 Å². The number of carbonyl (C=O) groups excluding carboxylic acids is 2. The Morgan fingerprint density at radius 3 is 2.29 bits per heavy atom. The molecule has 3 aromatic rings. The molecule has 1 aliphatic rings. The highest BCUT2D eigenvalue weighted by atomic mass is 35.5. The number of halogens is 1. The molecule has 0 spiro atoms. The van der Waals surface area contributed by atoms with E-state index in [0.29, 0.717) is 17.1 Å². The van der Waals surface area contributed by atoms with Gasteiger partial charge in [-0.25, -0.2) is 0 Å². The lowest BCUT2D eigenvalue weighted by Gasteiger charge is -2.24. The van der Waals surface area contributed by atoms with Gasteiger partial charge in [-0.15, -0.1) is 0 Å². The second-order valence-electron chi connectivity index (χ2n) is 7.33. The number of anilines is 1. The van der Waals surface area contributed by atoms with Crippen LogP contribution in [0.3, 0.4) is 0 Å². The Morgan fingerprint density at radius 2 is 1.57 bits per heavy atom. The molecule has 4 heteroatoms. The smallest absolute Gasteiger partial charge is 0.238 e. The molecule has 1 heterocycles. The lowest BCUT2D eigenvalue weighted by Crippen LogP contribution is -2.39. The maximum Gasteiger partial charge on any atom is 0.238 e. The van der Waals surface area contributed by atoms with Crippen molar-refractivity contribution < 1.29 is 9.59 Å². The molecule has 0 radical (unpaired) electrons. The minimum Gasteiger partial charge on any atom is -0.307 e. The van der Waals surface area contributed by atoms with Crippen molar-refractivity contribution in [3.63, 3.8) is 0 Å². The second-order valence-corrected chi connectivity index (χ2v) is 7.77. The summed E-state index contributed by atoms with van der Waals surface area (Å²) in [6, 6.07) is 24.4. The molecule has 1 amide bonds. The van der Waals surface area contributed by atoms with Gasteiger partial charge in [0.15, 0.2) is 5.78 Å². The van der Waals surface area contributed by atoms with Crippen LogP contribution in [-0.4, -0.2) is 11.7 Å². The number of para-hydroxylation sites is 1. The molecular weight excluding hydrogens is 370 g/mol. The Hall–Kier alpha value is -2.91. The summed E-state index contributed by atoms with van der Waals surface area (Å²) in [5.41, 5.74) is 2.51. The van der Waals surface area contributed by atoms with Crippen molar-refractivity contribution in [3.8, 4) is 0 Å². The summed E-state index contributed by atoms with van der Waals surface area (Å²) in [6.45, 7) is 2.32. The zero-order valence-electron chi connectivity index (χ0n) is 15.6. The van der Waals surface area contributed by atoms with E-state index >= 15 is 0 Å². The Kier molecular flexibility index (Phi) is 4.78. The molecule has 0 aliphatic carbocycles. The Morgan fingerprint density at radius 1 is 0.929 bits per heavy atom. The summed E-state index contributed by atoms with van der Waals surface area (Å²) in [7, 11) is 0. The van der Waals surface area contributed by atoms with Crippen LogP contribution in [0.4, 0.5) is 5.69 Å². The Bertz CT molecular complexity index is 1030. The number of ketones is 1. The van der Waals surface area contributed by atoms with E-state index in [9.17, 15) is 9.59 Å². The molecular formula is C24H20ClNO2. The Balaban J connectivity index is 1.68. The van der Waals surface area contributed by atoms with Crippen molar-refractivity contribution >= 4 is 29.0 Å². The number of fused-ring (bicyclic) bond motifs is 1. The van der Waals surface area contributed by atoms with Crippen molar-refractivity contribution in [2.24, 2.45) is 0 Å². The van der Waals surface area contributed by atoms with Gasteiger partial charge < -0.3 is 4.90 Å². The lowest BCUT2D eigenvalue weighted by molar-refractivity contribution is -0.122. The quantitative estimate of drug-likeness (QED) is 0.546. The first-order chi connectivity index (χ1) is 13.5. The normalized spacial score (nSPS) is 18.2. The highest BCUT2D eigenvalue weighted by molar-refractivity contribution is 6.30. The number of carbonyl (C=O) groups is 2. The molecule has 1 aliphatic heterocycles. The van der Waals surface area contributed by atoms with Gasteiger partial charge in [-0.3, -0.25) is 9.59 Å². The average molecular weight is 390 g/mol. The number of amides is 1. The van der Waals surface area contributed by atoms with E-state index in [1.807, 2.05) is 73.7 Å². The molecule has 3 nitrogen and oxygen atoms in total. The number of rotatable bonds is 5. The molecule has 28 heavy (non-hydrogen) atoms. The van der Waals surface area contributed by atoms with Gasteiger partial charge in [0.1, 0.15) is 0 Å². The molecule has 1 atom stereocenters. The molecule has 0 fully saturated rings. The van der Waals surface area contributed by atoms with Gasteiger partial charge in [0.2, 0.25) is 5.91 Å². The number of benzene rings is 3. The predicted octanol–water partition coefficient (Wildman–Crippen LogP) is 5.42. The van der Waals surface area contributed by atoms with Crippen LogP contribution >= 0.6 is 11.6 Å². The SMILES string of the molecule is CC1(CC(=O)c2ccccc2)C(=O)N(Cc2ccc(Cl)cc2)c2ccccc21. The van der Waals surface area contributed by atoms with Gasteiger partial charge in [-0.05, 0) is 36.2 Å². The highest BCUT2D eigenvalue weighted by Crippen LogP contribution is 2.45. The van der Waals surface area contributed by atoms with E-state index in [0.717, 1.165) is 16.8 Å². The molecule has 0 saturated heterocycles. The number of nitrogens with zero attached hydrogens (tertiary/aromatic N) is 1. The van der Waals surface area contributed by atoms with Crippen molar-refractivity contribution in [3.05, 3.63) is 101 Å². The highest BCUT2D eigenvalue weighted by Gasteiger charge is 2.48. The fourth-order valence-electron chi connectivity index (χ4n) is 3.85. The summed E-state index contributed by atoms with van der Waals surface area (Å²) < 4.78 is 0. The van der Waals surface area contributed by atoms with Crippen LogP contribution in [0.25, 0.3) is 0 Å². The van der Waals surface area contributed by atoms with Crippen molar-refractivity contribution in [2.45, 2.75) is 25.3 Å². The summed E-state index contributed by atoms with van der Waals surface area (Å²) in [6.07, 6.45) is 0.143. The fourth-order valence-corrected chi connectivity index (χ4v) is 3.97. The van der Waals surface area contributed by atoms with Crippen LogP contribution in [0.5, 0.6) is 0 Å². The minimum absolute atomic E-state index is 0.0282. The third-order valence-electron chi connectivity index (χ3n) is 5.37. The molecule has 140 valence electrons. The topological polar surface area (TPSA) is 37.4 Å². The molecule has 4 rings (SSSR count). The van der Waals surface area contributed by atoms with Crippen LogP contribution in [0.15, 0.2) is 78.9 Å². The van der Waals surface area contributed by atoms with Gasteiger partial charge in [0, 0.05) is 22.7 Å². The number of hydrogen-bond donors (Lipinski definition) is 0. The third kappa shape index (κ3) is 3.23. The van der Waals surface area contributed by atoms with Crippen molar-refractivity contribution in [1.29, 1.82) is 0 Å². The molecule has 0 bridgehead atoms. The summed E-state index contributed by atoms with van der Waals surface area (Å²) >= 11 is 5.98. The van der Waals surface area contributed by atoms with Gasteiger partial charge >= 0.3 is 0 Å². The largest absolute Gasteiger partial charge is 0.307 e. The van der Waals surface area contributed by atoms with Crippen LogP contribution < -0.4 is 4.90 Å². The molecule has 1 unspecified atom stereocenters. The van der Waals surface area contributed by atoms with Gasteiger partial charge in [-0.1, -0.05) is 72.3 Å². The monoisotopic (exact) mass is 389 g/mol. The van der Waals surface area contributed by atoms with E-state index in [-0.39, 0.29) is 18.1 Å². The van der Waals surface area contributed by atoms with Crippen LogP contribution in [0.1, 0.15) is 34.8 Å². The van der Waals surface area contributed by atoms with E-state index in [1.54, 1.807) is 17.0 Å². The minimum atomic E-state index is -0.879. The first kappa shape index (κ1) is 18.5. The maximum absolute atomic E-state index is 13.5. The second kappa shape index (κ2) is 7.25. The third-order valence-corrected chi connectivity index (χ3v) is 5.62. The summed E-state index contributed by atoms with van der Waals surface area (Å²) in [5, 5.41) is 0.662. The zero-order chi connectivity index (χ0) is 19.7. The van der Waals surface area contributed by atoms with E-state index in [2.05, 4.69) is 0 Å². The fraction of sp³-hybridized carbons (Fsp3) is 0.167. The average Bonchev–Trinajstić information content (AvgIpc) is 2.92. The zero-order valence-corrected chi connectivity index (χ0v) is 16.3. The Labute approximate surface area is 169 Å². The maximum atomic E-state index is 13.5. The van der Waals surface area contributed by atoms with Crippen LogP contribution in [-0.2, 0) is 16.8 Å². The molecule has 0 N–H and O–H groups in total. The molecule has 0 aromatic heterocycles. The van der Waals surface area contributed by atoms with E-state index in [1.165, 1.54) is 0 Å². The first-order valence-corrected chi connectivity index (χ1v) is 9.61. The van der Waals surface area contributed by atoms with Gasteiger partial charge in [0.25, 0.3) is 0 Å². The molecule has 3 aromatic carbocycles. The molecule has 0 saturated carbocycles.